The van der Waals surface area contributed by atoms with Crippen molar-refractivity contribution in [2.75, 3.05) is 11.9 Å². The van der Waals surface area contributed by atoms with Gasteiger partial charge in [-0.25, -0.2) is 4.39 Å². The number of hydrogen-bond acceptors (Lipinski definition) is 4. The predicted octanol–water partition coefficient (Wildman–Crippen LogP) is 5.04. The van der Waals surface area contributed by atoms with Crippen molar-refractivity contribution in [1.82, 2.24) is 0 Å². The number of rotatable bonds is 5. The van der Waals surface area contributed by atoms with Crippen LogP contribution in [0.5, 0.6) is 5.75 Å². The Hall–Kier alpha value is -3.28. The van der Waals surface area contributed by atoms with Crippen LogP contribution in [0.25, 0.3) is 0 Å². The summed E-state index contributed by atoms with van der Waals surface area (Å²) in [5.41, 5.74) is 3.10. The van der Waals surface area contributed by atoms with Gasteiger partial charge in [-0.15, -0.1) is 0 Å². The zero-order chi connectivity index (χ0) is 22.0. The smallest absolute Gasteiger partial charge is 0.254 e. The number of ketones is 1. The van der Waals surface area contributed by atoms with E-state index in [2.05, 4.69) is 10.3 Å². The molecule has 31 heavy (non-hydrogen) atoms. The maximum atomic E-state index is 13.6. The Morgan fingerprint density at radius 1 is 1.16 bits per heavy atom. The van der Waals surface area contributed by atoms with E-state index in [9.17, 15) is 14.0 Å². The van der Waals surface area contributed by atoms with Crippen molar-refractivity contribution in [1.29, 1.82) is 0 Å². The van der Waals surface area contributed by atoms with Crippen molar-refractivity contribution in [3.63, 3.8) is 0 Å². The number of allylic oxidation sites excluding steroid dienone is 1. The highest BCUT2D eigenvalue weighted by molar-refractivity contribution is 6.14. The van der Waals surface area contributed by atoms with Crippen LogP contribution >= 0.6 is 0 Å². The Balaban J connectivity index is 1.76. The van der Waals surface area contributed by atoms with Crippen molar-refractivity contribution >= 4 is 23.1 Å². The molecule has 1 unspecified atom stereocenters. The Labute approximate surface area is 181 Å². The van der Waals surface area contributed by atoms with Crippen LogP contribution in [0.15, 0.2) is 64.8 Å². The molecule has 1 aliphatic heterocycles. The van der Waals surface area contributed by atoms with Crippen LogP contribution in [0.4, 0.5) is 10.1 Å². The fourth-order valence-electron chi connectivity index (χ4n) is 4.48. The summed E-state index contributed by atoms with van der Waals surface area (Å²) in [5.74, 6) is -0.862. The molecule has 1 N–H and O–H groups in total. The molecule has 0 spiro atoms. The third-order valence-corrected chi connectivity index (χ3v) is 5.78. The number of hydrogen-bond donors (Lipinski definition) is 1. The van der Waals surface area contributed by atoms with Gasteiger partial charge in [0.25, 0.3) is 5.91 Å². The molecule has 160 valence electrons. The number of fused-ring (bicyclic) bond motifs is 1. The van der Waals surface area contributed by atoms with Gasteiger partial charge >= 0.3 is 0 Å². The zero-order valence-electron chi connectivity index (χ0n) is 17.7. The van der Waals surface area contributed by atoms with Crippen LogP contribution < -0.4 is 10.1 Å². The van der Waals surface area contributed by atoms with Gasteiger partial charge < -0.3 is 10.1 Å². The molecule has 0 bridgehead atoms. The Bertz CT molecular complexity index is 1070. The van der Waals surface area contributed by atoms with E-state index < -0.39 is 17.7 Å². The minimum Gasteiger partial charge on any atom is -0.494 e. The Kier molecular flexibility index (Phi) is 5.98. The second-order valence-corrected chi connectivity index (χ2v) is 7.84. The lowest BCUT2D eigenvalue weighted by Gasteiger charge is -2.36. The van der Waals surface area contributed by atoms with Crippen LogP contribution in [-0.2, 0) is 9.59 Å². The summed E-state index contributed by atoms with van der Waals surface area (Å²) < 4.78 is 19.2. The molecular formula is C25H25FN2O3. The molecule has 1 aliphatic carbocycles. The summed E-state index contributed by atoms with van der Waals surface area (Å²) in [6.07, 6.45) is 2.01. The first-order valence-electron chi connectivity index (χ1n) is 10.6. The van der Waals surface area contributed by atoms with Gasteiger partial charge in [-0.1, -0.05) is 18.2 Å². The van der Waals surface area contributed by atoms with Gasteiger partial charge in [-0.05, 0) is 62.6 Å². The van der Waals surface area contributed by atoms with Crippen LogP contribution in [0, 0.1) is 11.7 Å². The molecule has 1 fully saturated rings. The molecule has 4 rings (SSSR count). The lowest BCUT2D eigenvalue weighted by molar-refractivity contribution is -0.122. The standard InChI is InChI=1S/C25H25FN2O3/c1-3-31-19-12-10-16(11-13-19)23-22(25(30)28-18-7-4-6-17(26)14-18)15(2)27-20-8-5-9-21(29)24(20)23/h4,6-7,10-14,23-24H,3,5,8-9H2,1-2H3,(H,28,30)/t23-,24?/m1/s1. The monoisotopic (exact) mass is 420 g/mol. The summed E-state index contributed by atoms with van der Waals surface area (Å²) >= 11 is 0. The minimum absolute atomic E-state index is 0.104. The summed E-state index contributed by atoms with van der Waals surface area (Å²) in [4.78, 5) is 30.9. The third-order valence-electron chi connectivity index (χ3n) is 5.78. The SMILES string of the molecule is CCOc1ccc([C@@H]2C(C(=O)Nc3cccc(F)c3)=C(C)N=C3CCCC(=O)C32)cc1. The number of anilines is 1. The number of halogens is 1. The fraction of sp³-hybridized carbons (Fsp3) is 0.320. The predicted molar refractivity (Wildman–Crippen MR) is 118 cm³/mol. The van der Waals surface area contributed by atoms with E-state index in [4.69, 9.17) is 4.74 Å². The molecule has 2 atom stereocenters. The lowest BCUT2D eigenvalue weighted by Crippen LogP contribution is -2.39. The molecule has 0 aromatic heterocycles. The van der Waals surface area contributed by atoms with Crippen molar-refractivity contribution < 1.29 is 18.7 Å². The Morgan fingerprint density at radius 2 is 1.94 bits per heavy atom. The maximum Gasteiger partial charge on any atom is 0.254 e. The van der Waals surface area contributed by atoms with Crippen molar-refractivity contribution in [3.05, 3.63) is 71.2 Å². The van der Waals surface area contributed by atoms with Gasteiger partial charge in [0, 0.05) is 35.0 Å². The number of carbonyl (C=O) groups is 2. The summed E-state index contributed by atoms with van der Waals surface area (Å²) in [6.45, 7) is 4.27. The largest absolute Gasteiger partial charge is 0.494 e. The quantitative estimate of drug-likeness (QED) is 0.736. The van der Waals surface area contributed by atoms with E-state index in [0.29, 0.717) is 30.0 Å². The highest BCUT2D eigenvalue weighted by Crippen LogP contribution is 2.43. The van der Waals surface area contributed by atoms with E-state index in [1.54, 1.807) is 13.0 Å². The number of benzene rings is 2. The second kappa shape index (κ2) is 8.84. The zero-order valence-corrected chi connectivity index (χ0v) is 17.7. The Morgan fingerprint density at radius 3 is 2.65 bits per heavy atom. The molecule has 0 saturated heterocycles. The average molecular weight is 420 g/mol. The number of aliphatic imine (C=N–C) groups is 1. The van der Waals surface area contributed by atoms with Crippen LogP contribution in [0.2, 0.25) is 0 Å². The molecule has 2 aromatic rings. The number of nitrogens with one attached hydrogen (secondary N) is 1. The topological polar surface area (TPSA) is 67.8 Å². The van der Waals surface area contributed by atoms with Gasteiger partial charge in [0.2, 0.25) is 0 Å². The van der Waals surface area contributed by atoms with E-state index in [1.807, 2.05) is 31.2 Å². The summed E-state index contributed by atoms with van der Waals surface area (Å²) in [7, 11) is 0. The molecule has 2 aromatic carbocycles. The summed E-state index contributed by atoms with van der Waals surface area (Å²) in [5, 5.41) is 2.78. The number of carbonyl (C=O) groups excluding carboxylic acids is 2. The van der Waals surface area contributed by atoms with Crippen LogP contribution in [-0.4, -0.2) is 24.0 Å². The number of Topliss-reactive ketones (excluding diaryl/α,β-unsaturated/α-hetero) is 1. The molecule has 0 radical (unpaired) electrons. The van der Waals surface area contributed by atoms with Crippen molar-refractivity contribution in [3.8, 4) is 5.75 Å². The highest BCUT2D eigenvalue weighted by Gasteiger charge is 2.43. The number of nitrogens with zero attached hydrogens (tertiary/aromatic N) is 1. The molecule has 1 amide bonds. The molecule has 6 heteroatoms. The van der Waals surface area contributed by atoms with E-state index in [-0.39, 0.29) is 11.7 Å². The van der Waals surface area contributed by atoms with Gasteiger partial charge in [0.05, 0.1) is 12.5 Å². The molecular weight excluding hydrogens is 395 g/mol. The van der Waals surface area contributed by atoms with Crippen molar-refractivity contribution in [2.24, 2.45) is 10.9 Å². The van der Waals surface area contributed by atoms with Crippen LogP contribution in [0.1, 0.15) is 44.6 Å². The fourth-order valence-corrected chi connectivity index (χ4v) is 4.48. The third kappa shape index (κ3) is 4.29. The van der Waals surface area contributed by atoms with Gasteiger partial charge in [-0.2, -0.15) is 0 Å². The molecule has 1 saturated carbocycles. The van der Waals surface area contributed by atoms with Crippen molar-refractivity contribution in [2.45, 2.75) is 39.0 Å². The normalized spacial score (nSPS) is 20.7. The molecule has 5 nitrogen and oxygen atoms in total. The van der Waals surface area contributed by atoms with Gasteiger partial charge in [0.1, 0.15) is 17.3 Å². The van der Waals surface area contributed by atoms with Gasteiger partial charge in [0.15, 0.2) is 0 Å². The van der Waals surface area contributed by atoms with Gasteiger partial charge in [-0.3, -0.25) is 14.6 Å². The summed E-state index contributed by atoms with van der Waals surface area (Å²) in [6, 6.07) is 13.3. The lowest BCUT2D eigenvalue weighted by atomic mass is 9.69. The van der Waals surface area contributed by atoms with E-state index in [0.717, 1.165) is 29.9 Å². The van der Waals surface area contributed by atoms with Crippen LogP contribution in [0.3, 0.4) is 0 Å². The van der Waals surface area contributed by atoms with E-state index in [1.165, 1.54) is 18.2 Å². The average Bonchev–Trinajstić information content (AvgIpc) is 2.74. The molecule has 1 heterocycles. The first-order valence-corrected chi connectivity index (χ1v) is 10.6. The second-order valence-electron chi connectivity index (χ2n) is 7.84. The number of ether oxygens (including phenoxy) is 1. The number of amides is 1. The van der Waals surface area contributed by atoms with E-state index >= 15 is 0 Å². The first kappa shape index (κ1) is 21.0. The molecule has 2 aliphatic rings. The highest BCUT2D eigenvalue weighted by atomic mass is 19.1. The first-order chi connectivity index (χ1) is 15.0. The minimum atomic E-state index is -0.455. The maximum absolute atomic E-state index is 13.6.